The number of rotatable bonds is 11. The topological polar surface area (TPSA) is 83.1 Å². The number of hydrogen-bond acceptors (Lipinski definition) is 5. The maximum Gasteiger partial charge on any atom is 0.260 e. The summed E-state index contributed by atoms with van der Waals surface area (Å²) in [5.41, 5.74) is 14.6. The van der Waals surface area contributed by atoms with Gasteiger partial charge in [-0.25, -0.2) is 13.8 Å². The van der Waals surface area contributed by atoms with Gasteiger partial charge >= 0.3 is 0 Å². The van der Waals surface area contributed by atoms with Crippen molar-refractivity contribution in [3.05, 3.63) is 58.3 Å². The van der Waals surface area contributed by atoms with Crippen LogP contribution in [0.3, 0.4) is 0 Å². The van der Waals surface area contributed by atoms with Crippen LogP contribution in [0.1, 0.15) is 93.9 Å². The van der Waals surface area contributed by atoms with Gasteiger partial charge in [-0.3, -0.25) is 4.90 Å². The predicted molar refractivity (Wildman–Crippen MR) is 176 cm³/mol. The third kappa shape index (κ3) is 7.69. The van der Waals surface area contributed by atoms with Gasteiger partial charge in [0.05, 0.1) is 12.6 Å². The Morgan fingerprint density at radius 3 is 2.64 bits per heavy atom. The number of hydrogen-bond donors (Lipinski definition) is 3. The van der Waals surface area contributed by atoms with Crippen molar-refractivity contribution >= 4 is 17.5 Å². The first kappa shape index (κ1) is 33.0. The summed E-state index contributed by atoms with van der Waals surface area (Å²) in [6.45, 7) is 6.04. The van der Waals surface area contributed by atoms with E-state index in [0.717, 1.165) is 70.4 Å². The summed E-state index contributed by atoms with van der Waals surface area (Å²) in [4.78, 5) is 6.05. The average molecular weight is 611 g/mol. The molecule has 5 rings (SSSR count). The minimum atomic E-state index is -2.82. The van der Waals surface area contributed by atoms with Gasteiger partial charge in [-0.15, -0.1) is 0 Å². The van der Waals surface area contributed by atoms with Crippen molar-refractivity contribution < 1.29 is 18.6 Å². The Morgan fingerprint density at radius 2 is 1.95 bits per heavy atom. The number of amidine groups is 1. The molecule has 2 aliphatic heterocycles. The molecule has 44 heavy (non-hydrogen) atoms. The number of nitrogens with one attached hydrogen (secondary N) is 1. The van der Waals surface area contributed by atoms with Gasteiger partial charge < -0.3 is 20.9 Å². The molecule has 6 nitrogen and oxygen atoms in total. The van der Waals surface area contributed by atoms with E-state index >= 15 is 0 Å². The standard InChI is InChI=1S/C36H52F2N4O2/c1-4-26(15-19-40-3)6-5-7-27-10-13-30(32-23-35(22-31(27)32)17-20-44-21-18-35)28-8-11-29(12-9-28)41-34(39)33-14-16-36(37,38)24-42(33)25(2)43/h5,7-8,10-11,13,25-26,33,40,43H,4,6,9,12,14-24H2,1-3H3,(H2,39,41)/b7-5+. The number of piperidine rings is 1. The fourth-order valence-electron chi connectivity index (χ4n) is 7.64. The minimum Gasteiger partial charge on any atom is -0.386 e. The highest BCUT2D eigenvalue weighted by atomic mass is 19.3. The molecule has 1 aromatic carbocycles. The summed E-state index contributed by atoms with van der Waals surface area (Å²) in [5.74, 6) is -1.82. The van der Waals surface area contributed by atoms with Crippen molar-refractivity contribution in [2.75, 3.05) is 33.4 Å². The normalized spacial score (nSPS) is 25.1. The molecule has 2 fully saturated rings. The number of benzene rings is 1. The van der Waals surface area contributed by atoms with E-state index in [-0.39, 0.29) is 12.8 Å². The second-order valence-electron chi connectivity index (χ2n) is 13.5. The molecule has 8 heteroatoms. The SMILES string of the molecule is CCC(C/C=C/c1ccc(C2=CC=C(N=C(N)C3CCC(F)(F)CN3C(C)O)CC2)c2c1CC1(CCOCC1)C2)CCNC. The van der Waals surface area contributed by atoms with Gasteiger partial charge in [-0.1, -0.05) is 43.7 Å². The first-order valence-corrected chi connectivity index (χ1v) is 16.7. The van der Waals surface area contributed by atoms with E-state index in [1.165, 1.54) is 52.5 Å². The monoisotopic (exact) mass is 610 g/mol. The van der Waals surface area contributed by atoms with Crippen molar-refractivity contribution in [1.82, 2.24) is 10.2 Å². The minimum absolute atomic E-state index is 0.177. The zero-order chi connectivity index (χ0) is 31.3. The van der Waals surface area contributed by atoms with Crippen molar-refractivity contribution in [3.8, 4) is 0 Å². The van der Waals surface area contributed by atoms with Crippen molar-refractivity contribution in [3.63, 3.8) is 0 Å². The highest BCUT2D eigenvalue weighted by Gasteiger charge is 2.43. The van der Waals surface area contributed by atoms with Gasteiger partial charge in [0.25, 0.3) is 5.92 Å². The van der Waals surface area contributed by atoms with E-state index in [9.17, 15) is 13.9 Å². The first-order valence-electron chi connectivity index (χ1n) is 16.7. The lowest BCUT2D eigenvalue weighted by Gasteiger charge is -2.40. The van der Waals surface area contributed by atoms with Crippen molar-refractivity contribution in [1.29, 1.82) is 0 Å². The second-order valence-corrected chi connectivity index (χ2v) is 13.5. The van der Waals surface area contributed by atoms with E-state index in [4.69, 9.17) is 10.5 Å². The molecule has 2 saturated heterocycles. The number of likely N-dealkylation sites (tertiary alicyclic amines) is 1. The molecule has 0 radical (unpaired) electrons. The summed E-state index contributed by atoms with van der Waals surface area (Å²) >= 11 is 0. The Kier molecular flexibility index (Phi) is 10.8. The van der Waals surface area contributed by atoms with E-state index in [0.29, 0.717) is 17.2 Å². The molecule has 0 amide bonds. The zero-order valence-corrected chi connectivity index (χ0v) is 26.9. The number of ether oxygens (including phenoxy) is 1. The summed E-state index contributed by atoms with van der Waals surface area (Å²) < 4.78 is 33.8. The largest absolute Gasteiger partial charge is 0.386 e. The van der Waals surface area contributed by atoms with Crippen molar-refractivity contribution in [2.45, 2.75) is 103 Å². The quantitative estimate of drug-likeness (QED) is 0.197. The molecule has 4 N–H and O–H groups in total. The Bertz CT molecular complexity index is 1280. The smallest absolute Gasteiger partial charge is 0.260 e. The molecule has 2 heterocycles. The lowest BCUT2D eigenvalue weighted by molar-refractivity contribution is -0.118. The number of nitrogens with two attached hydrogens (primary N) is 1. The van der Waals surface area contributed by atoms with Gasteiger partial charge in [0.2, 0.25) is 0 Å². The van der Waals surface area contributed by atoms with Gasteiger partial charge in [-0.05, 0) is 124 Å². The van der Waals surface area contributed by atoms with Crippen LogP contribution >= 0.6 is 0 Å². The van der Waals surface area contributed by atoms with Gasteiger partial charge in [-0.2, -0.15) is 0 Å². The predicted octanol–water partition coefficient (Wildman–Crippen LogP) is 6.48. The van der Waals surface area contributed by atoms with Crippen LogP contribution < -0.4 is 11.1 Å². The molecule has 0 saturated carbocycles. The fraction of sp³-hybridized carbons (Fsp3) is 0.639. The number of fused-ring (bicyclic) bond motifs is 1. The summed E-state index contributed by atoms with van der Waals surface area (Å²) in [7, 11) is 2.02. The van der Waals surface area contributed by atoms with E-state index < -0.39 is 24.7 Å². The lowest BCUT2D eigenvalue weighted by Crippen LogP contribution is -2.57. The van der Waals surface area contributed by atoms with Crippen LogP contribution in [0.25, 0.3) is 11.6 Å². The summed E-state index contributed by atoms with van der Waals surface area (Å²) in [6, 6.07) is 4.15. The molecular weight excluding hydrogens is 558 g/mol. The number of halogens is 2. The van der Waals surface area contributed by atoms with Crippen LogP contribution in [-0.4, -0.2) is 67.4 Å². The van der Waals surface area contributed by atoms with Gasteiger partial charge in [0.15, 0.2) is 0 Å². The number of aliphatic hydroxyl groups is 1. The summed E-state index contributed by atoms with van der Waals surface area (Å²) in [6.07, 6.45) is 17.4. The third-order valence-corrected chi connectivity index (χ3v) is 10.4. The molecule has 242 valence electrons. The Hall–Kier alpha value is -2.39. The van der Waals surface area contributed by atoms with E-state index in [1.54, 1.807) is 0 Å². The molecule has 3 unspecified atom stereocenters. The number of aliphatic hydroxyl groups excluding tert-OH is 1. The van der Waals surface area contributed by atoms with Crippen LogP contribution in [0, 0.1) is 11.3 Å². The number of aliphatic imine (C=N–C) groups is 1. The van der Waals surface area contributed by atoms with Crippen LogP contribution in [0.2, 0.25) is 0 Å². The first-order chi connectivity index (χ1) is 21.1. The molecule has 3 atom stereocenters. The molecule has 1 aromatic rings. The maximum atomic E-state index is 14.0. The Morgan fingerprint density at radius 1 is 1.18 bits per heavy atom. The number of allylic oxidation sites excluding steroid dienone is 5. The maximum absolute atomic E-state index is 14.0. The highest BCUT2D eigenvalue weighted by Crippen LogP contribution is 2.48. The zero-order valence-electron chi connectivity index (χ0n) is 26.9. The third-order valence-electron chi connectivity index (χ3n) is 10.4. The summed E-state index contributed by atoms with van der Waals surface area (Å²) in [5, 5.41) is 13.4. The van der Waals surface area contributed by atoms with Crippen LogP contribution in [0.4, 0.5) is 8.78 Å². The average Bonchev–Trinajstić information content (AvgIpc) is 3.37. The van der Waals surface area contributed by atoms with E-state index in [2.05, 4.69) is 47.6 Å². The Labute approximate surface area is 262 Å². The van der Waals surface area contributed by atoms with Gasteiger partial charge in [0, 0.05) is 25.3 Å². The Balaban J connectivity index is 1.37. The van der Waals surface area contributed by atoms with Gasteiger partial charge in [0.1, 0.15) is 12.1 Å². The molecule has 0 aromatic heterocycles. The van der Waals surface area contributed by atoms with Crippen LogP contribution in [-0.2, 0) is 17.6 Å². The molecule has 2 aliphatic carbocycles. The molecule has 4 aliphatic rings. The van der Waals surface area contributed by atoms with E-state index in [1.807, 2.05) is 13.1 Å². The van der Waals surface area contributed by atoms with Crippen LogP contribution in [0.5, 0.6) is 0 Å². The fourth-order valence-corrected chi connectivity index (χ4v) is 7.64. The number of nitrogens with zero attached hydrogens (tertiary/aromatic N) is 2. The molecular formula is C36H52F2N4O2. The van der Waals surface area contributed by atoms with Crippen molar-refractivity contribution in [2.24, 2.45) is 22.1 Å². The lowest BCUT2D eigenvalue weighted by atomic mass is 9.77. The van der Waals surface area contributed by atoms with Crippen LogP contribution in [0.15, 0.2) is 41.1 Å². The number of alkyl halides is 2. The second kappa shape index (κ2) is 14.4. The molecule has 1 spiro atoms. The molecule has 0 bridgehead atoms. The highest BCUT2D eigenvalue weighted by molar-refractivity contribution is 5.87.